The molecule has 0 N–H and O–H groups in total. The highest BCUT2D eigenvalue weighted by atomic mass is 127. The lowest BCUT2D eigenvalue weighted by atomic mass is 9.92. The van der Waals surface area contributed by atoms with Crippen LogP contribution in [-0.2, 0) is 10.3 Å². The summed E-state index contributed by atoms with van der Waals surface area (Å²) in [6.07, 6.45) is 0. The van der Waals surface area contributed by atoms with Gasteiger partial charge in [0.2, 0.25) is 0 Å². The van der Waals surface area contributed by atoms with Crippen molar-refractivity contribution < 1.29 is 4.74 Å². The molecule has 2 rings (SSSR count). The third-order valence-electron chi connectivity index (χ3n) is 3.35. The van der Waals surface area contributed by atoms with Crippen LogP contribution < -0.4 is 0 Å². The molecule has 1 saturated heterocycles. The fraction of sp³-hybridized carbons (Fsp3) is 0.538. The minimum atomic E-state index is 0.105. The van der Waals surface area contributed by atoms with Crippen molar-refractivity contribution in [3.8, 4) is 0 Å². The maximum absolute atomic E-state index is 5.41. The first-order valence-electron chi connectivity index (χ1n) is 5.69. The minimum Gasteiger partial charge on any atom is -0.379 e. The van der Waals surface area contributed by atoms with Gasteiger partial charge in [-0.2, -0.15) is 0 Å². The monoisotopic (exact) mass is 331 g/mol. The zero-order chi connectivity index (χ0) is 11.6. The maximum atomic E-state index is 5.41. The summed E-state index contributed by atoms with van der Waals surface area (Å²) in [6, 6.07) is 8.82. The zero-order valence-corrected chi connectivity index (χ0v) is 12.0. The van der Waals surface area contributed by atoms with E-state index >= 15 is 0 Å². The highest BCUT2D eigenvalue weighted by Gasteiger charge is 2.29. The van der Waals surface area contributed by atoms with Crippen LogP contribution in [0.4, 0.5) is 0 Å². The Morgan fingerprint density at radius 2 is 1.69 bits per heavy atom. The van der Waals surface area contributed by atoms with Crippen LogP contribution in [0.2, 0.25) is 0 Å². The second-order valence-corrected chi connectivity index (χ2v) is 5.91. The highest BCUT2D eigenvalue weighted by molar-refractivity contribution is 14.1. The molecule has 1 heterocycles. The molecular weight excluding hydrogens is 313 g/mol. The summed E-state index contributed by atoms with van der Waals surface area (Å²) in [5.74, 6) is 0. The van der Waals surface area contributed by atoms with Crippen LogP contribution in [0.5, 0.6) is 0 Å². The van der Waals surface area contributed by atoms with Crippen molar-refractivity contribution in [2.75, 3.05) is 26.3 Å². The van der Waals surface area contributed by atoms with Gasteiger partial charge in [-0.1, -0.05) is 12.1 Å². The average Bonchev–Trinajstić information content (AvgIpc) is 2.31. The second kappa shape index (κ2) is 5.02. The van der Waals surface area contributed by atoms with Crippen LogP contribution in [0.3, 0.4) is 0 Å². The summed E-state index contributed by atoms with van der Waals surface area (Å²) in [4.78, 5) is 2.50. The summed E-state index contributed by atoms with van der Waals surface area (Å²) in [6.45, 7) is 8.35. The molecule has 3 heteroatoms. The van der Waals surface area contributed by atoms with E-state index in [1.807, 2.05) is 0 Å². The van der Waals surface area contributed by atoms with Crippen LogP contribution in [0.25, 0.3) is 0 Å². The Bertz CT molecular complexity index is 341. The summed E-state index contributed by atoms with van der Waals surface area (Å²) in [7, 11) is 0. The fourth-order valence-electron chi connectivity index (χ4n) is 2.16. The molecule has 0 radical (unpaired) electrons. The van der Waals surface area contributed by atoms with Gasteiger partial charge in [-0.15, -0.1) is 0 Å². The van der Waals surface area contributed by atoms with E-state index in [2.05, 4.69) is 65.6 Å². The molecule has 0 bridgehead atoms. The van der Waals surface area contributed by atoms with Crippen molar-refractivity contribution >= 4 is 22.6 Å². The molecule has 1 aliphatic heterocycles. The third-order valence-corrected chi connectivity index (χ3v) is 4.07. The zero-order valence-electron chi connectivity index (χ0n) is 9.87. The molecule has 1 aromatic rings. The van der Waals surface area contributed by atoms with E-state index in [-0.39, 0.29) is 5.54 Å². The van der Waals surface area contributed by atoms with Gasteiger partial charge in [-0.3, -0.25) is 4.90 Å². The summed E-state index contributed by atoms with van der Waals surface area (Å²) in [5.41, 5.74) is 1.49. The molecule has 1 fully saturated rings. The predicted molar refractivity (Wildman–Crippen MR) is 74.6 cm³/mol. The Kier molecular flexibility index (Phi) is 3.87. The highest BCUT2D eigenvalue weighted by Crippen LogP contribution is 2.28. The molecule has 0 aromatic heterocycles. The molecule has 16 heavy (non-hydrogen) atoms. The summed E-state index contributed by atoms with van der Waals surface area (Å²) < 4.78 is 6.70. The van der Waals surface area contributed by atoms with Crippen molar-refractivity contribution in [3.63, 3.8) is 0 Å². The molecule has 0 amide bonds. The van der Waals surface area contributed by atoms with Gasteiger partial charge in [0.25, 0.3) is 0 Å². The van der Waals surface area contributed by atoms with E-state index in [4.69, 9.17) is 4.74 Å². The van der Waals surface area contributed by atoms with Gasteiger partial charge in [0.1, 0.15) is 0 Å². The first-order chi connectivity index (χ1) is 7.60. The Balaban J connectivity index is 2.19. The van der Waals surface area contributed by atoms with E-state index in [1.165, 1.54) is 9.13 Å². The van der Waals surface area contributed by atoms with Gasteiger partial charge in [0.15, 0.2) is 0 Å². The Morgan fingerprint density at radius 1 is 1.12 bits per heavy atom. The van der Waals surface area contributed by atoms with Gasteiger partial charge >= 0.3 is 0 Å². The van der Waals surface area contributed by atoms with Gasteiger partial charge in [-0.25, -0.2) is 0 Å². The molecular formula is C13H18INO. The lowest BCUT2D eigenvalue weighted by Crippen LogP contribution is -2.47. The molecule has 88 valence electrons. The fourth-order valence-corrected chi connectivity index (χ4v) is 2.52. The van der Waals surface area contributed by atoms with Crippen LogP contribution in [0, 0.1) is 3.57 Å². The first kappa shape index (κ1) is 12.3. The van der Waals surface area contributed by atoms with E-state index in [1.54, 1.807) is 0 Å². The number of ether oxygens (including phenoxy) is 1. The van der Waals surface area contributed by atoms with Crippen molar-refractivity contribution in [3.05, 3.63) is 33.4 Å². The number of nitrogens with zero attached hydrogens (tertiary/aromatic N) is 1. The summed E-state index contributed by atoms with van der Waals surface area (Å²) >= 11 is 2.35. The molecule has 0 unspecified atom stereocenters. The van der Waals surface area contributed by atoms with E-state index in [0.717, 1.165) is 26.3 Å². The standard InChI is InChI=1S/C13H18INO/c1-13(2,15-7-9-16-10-8-15)11-3-5-12(14)6-4-11/h3-6H,7-10H2,1-2H3. The first-order valence-corrected chi connectivity index (χ1v) is 6.77. The molecule has 0 saturated carbocycles. The van der Waals surface area contributed by atoms with Crippen LogP contribution >= 0.6 is 22.6 Å². The summed E-state index contributed by atoms with van der Waals surface area (Å²) in [5, 5.41) is 0. The topological polar surface area (TPSA) is 12.5 Å². The van der Waals surface area contributed by atoms with E-state index in [0.29, 0.717) is 0 Å². The number of benzene rings is 1. The molecule has 0 spiro atoms. The molecule has 1 aliphatic rings. The average molecular weight is 331 g/mol. The number of morpholine rings is 1. The molecule has 1 aromatic carbocycles. The Hall–Kier alpha value is -0.130. The number of rotatable bonds is 2. The minimum absolute atomic E-state index is 0.105. The molecule has 0 atom stereocenters. The van der Waals surface area contributed by atoms with Crippen molar-refractivity contribution in [2.24, 2.45) is 0 Å². The second-order valence-electron chi connectivity index (χ2n) is 4.67. The van der Waals surface area contributed by atoms with Crippen LogP contribution in [-0.4, -0.2) is 31.2 Å². The lowest BCUT2D eigenvalue weighted by Gasteiger charge is -2.41. The number of hydrogen-bond acceptors (Lipinski definition) is 2. The lowest BCUT2D eigenvalue weighted by molar-refractivity contribution is -0.0118. The maximum Gasteiger partial charge on any atom is 0.0594 e. The largest absolute Gasteiger partial charge is 0.379 e. The van der Waals surface area contributed by atoms with Crippen LogP contribution in [0.1, 0.15) is 19.4 Å². The van der Waals surface area contributed by atoms with Crippen molar-refractivity contribution in [1.82, 2.24) is 4.90 Å². The molecule has 2 nitrogen and oxygen atoms in total. The number of hydrogen-bond donors (Lipinski definition) is 0. The van der Waals surface area contributed by atoms with Gasteiger partial charge < -0.3 is 4.74 Å². The van der Waals surface area contributed by atoms with Crippen LogP contribution in [0.15, 0.2) is 24.3 Å². The third kappa shape index (κ3) is 2.57. The van der Waals surface area contributed by atoms with E-state index < -0.39 is 0 Å². The van der Waals surface area contributed by atoms with Gasteiger partial charge in [0, 0.05) is 22.2 Å². The smallest absolute Gasteiger partial charge is 0.0594 e. The van der Waals surface area contributed by atoms with Crippen molar-refractivity contribution in [2.45, 2.75) is 19.4 Å². The molecule has 0 aliphatic carbocycles. The number of halogens is 1. The predicted octanol–water partition coefficient (Wildman–Crippen LogP) is 2.86. The Morgan fingerprint density at radius 3 is 2.25 bits per heavy atom. The van der Waals surface area contributed by atoms with Gasteiger partial charge in [-0.05, 0) is 54.1 Å². The van der Waals surface area contributed by atoms with E-state index in [9.17, 15) is 0 Å². The van der Waals surface area contributed by atoms with Gasteiger partial charge in [0.05, 0.1) is 13.2 Å². The Labute approximate surface area is 111 Å². The normalized spacial score (nSPS) is 18.7. The van der Waals surface area contributed by atoms with Crippen molar-refractivity contribution in [1.29, 1.82) is 0 Å². The quantitative estimate of drug-likeness (QED) is 0.773. The SMILES string of the molecule is CC(C)(c1ccc(I)cc1)N1CCOCC1.